The van der Waals surface area contributed by atoms with Crippen molar-refractivity contribution in [2.75, 3.05) is 17.3 Å². The highest BCUT2D eigenvalue weighted by atomic mass is 32.2. The minimum absolute atomic E-state index is 0.0110. The molecule has 0 N–H and O–H groups in total. The molecule has 4 rings (SSSR count). The van der Waals surface area contributed by atoms with E-state index in [0.29, 0.717) is 29.0 Å². The van der Waals surface area contributed by atoms with Gasteiger partial charge in [0, 0.05) is 19.6 Å². The van der Waals surface area contributed by atoms with Crippen LogP contribution in [0, 0.1) is 0 Å². The van der Waals surface area contributed by atoms with Gasteiger partial charge in [-0.15, -0.1) is 0 Å². The molecule has 1 amide bonds. The van der Waals surface area contributed by atoms with Crippen molar-refractivity contribution in [2.45, 2.75) is 24.2 Å². The number of hydrogen-bond donors (Lipinski definition) is 0. The zero-order chi connectivity index (χ0) is 22.0. The van der Waals surface area contributed by atoms with Crippen molar-refractivity contribution in [3.63, 3.8) is 0 Å². The van der Waals surface area contributed by atoms with E-state index in [-0.39, 0.29) is 34.8 Å². The van der Waals surface area contributed by atoms with Crippen LogP contribution in [0.5, 0.6) is 0 Å². The minimum Gasteiger partial charge on any atom is -0.334 e. The number of amides is 1. The molecule has 1 saturated heterocycles. The van der Waals surface area contributed by atoms with E-state index in [9.17, 15) is 18.0 Å². The molecule has 0 saturated carbocycles. The van der Waals surface area contributed by atoms with Crippen molar-refractivity contribution in [2.24, 2.45) is 7.05 Å². The highest BCUT2D eigenvalue weighted by Crippen LogP contribution is 2.23. The van der Waals surface area contributed by atoms with E-state index in [4.69, 9.17) is 0 Å². The van der Waals surface area contributed by atoms with Gasteiger partial charge >= 0.3 is 0 Å². The smallest absolute Gasteiger partial charge is 0.261 e. The zero-order valence-corrected chi connectivity index (χ0v) is 18.7. The van der Waals surface area contributed by atoms with Gasteiger partial charge in [-0.05, 0) is 24.1 Å². The van der Waals surface area contributed by atoms with E-state index >= 15 is 0 Å². The van der Waals surface area contributed by atoms with Crippen LogP contribution in [0.15, 0.2) is 64.5 Å². The Hall–Kier alpha value is -2.65. The Bertz CT molecular complexity index is 1270. The summed E-state index contributed by atoms with van der Waals surface area (Å²) in [6, 6.07) is 16.3. The monoisotopic (exact) mass is 457 g/mol. The highest BCUT2D eigenvalue weighted by Gasteiger charge is 2.34. The lowest BCUT2D eigenvalue weighted by Gasteiger charge is -2.28. The number of carbonyl (C=O) groups excluding carboxylic acids is 1. The molecule has 1 atom stereocenters. The fourth-order valence-corrected chi connectivity index (χ4v) is 6.35. The van der Waals surface area contributed by atoms with Gasteiger partial charge in [0.2, 0.25) is 5.91 Å². The molecular formula is C22H23N3O4S2. The van der Waals surface area contributed by atoms with Gasteiger partial charge in [0.05, 0.1) is 28.2 Å². The number of carbonyl (C=O) groups is 1. The predicted octanol–water partition coefficient (Wildman–Crippen LogP) is 2.24. The SMILES string of the molecule is Cn1c(SCC(=O)N(Cc2ccccc2)[C@H]2CCS(=O)(=O)C2)nc2ccccc2c1=O. The third kappa shape index (κ3) is 4.83. The molecule has 0 spiro atoms. The first kappa shape index (κ1) is 21.6. The number of rotatable bonds is 6. The lowest BCUT2D eigenvalue weighted by atomic mass is 10.1. The average molecular weight is 458 g/mol. The molecule has 31 heavy (non-hydrogen) atoms. The Labute approximate surface area is 185 Å². The first-order valence-electron chi connectivity index (χ1n) is 9.96. The molecule has 0 aliphatic carbocycles. The molecule has 2 aromatic carbocycles. The second-order valence-electron chi connectivity index (χ2n) is 7.63. The van der Waals surface area contributed by atoms with Crippen LogP contribution >= 0.6 is 11.8 Å². The van der Waals surface area contributed by atoms with E-state index in [1.807, 2.05) is 36.4 Å². The number of para-hydroxylation sites is 1. The summed E-state index contributed by atoms with van der Waals surface area (Å²) in [5.74, 6) is -0.00642. The van der Waals surface area contributed by atoms with Crippen molar-refractivity contribution < 1.29 is 13.2 Å². The van der Waals surface area contributed by atoms with E-state index in [0.717, 1.165) is 5.56 Å². The third-order valence-electron chi connectivity index (χ3n) is 5.43. The first-order chi connectivity index (χ1) is 14.8. The van der Waals surface area contributed by atoms with E-state index in [2.05, 4.69) is 4.98 Å². The number of nitrogens with zero attached hydrogens (tertiary/aromatic N) is 3. The molecule has 2 heterocycles. The Morgan fingerprint density at radius 3 is 2.58 bits per heavy atom. The van der Waals surface area contributed by atoms with Crippen molar-refractivity contribution in [1.82, 2.24) is 14.5 Å². The van der Waals surface area contributed by atoms with Crippen LogP contribution in [0.2, 0.25) is 0 Å². The number of benzene rings is 2. The maximum Gasteiger partial charge on any atom is 0.261 e. The lowest BCUT2D eigenvalue weighted by Crippen LogP contribution is -2.41. The minimum atomic E-state index is -3.13. The van der Waals surface area contributed by atoms with Crippen LogP contribution in [0.1, 0.15) is 12.0 Å². The van der Waals surface area contributed by atoms with Crippen LogP contribution in [-0.4, -0.2) is 52.1 Å². The molecule has 3 aromatic rings. The summed E-state index contributed by atoms with van der Waals surface area (Å²) >= 11 is 1.19. The molecule has 9 heteroatoms. The Morgan fingerprint density at radius 1 is 1.16 bits per heavy atom. The van der Waals surface area contributed by atoms with Gasteiger partial charge in [-0.1, -0.05) is 54.2 Å². The van der Waals surface area contributed by atoms with Gasteiger partial charge in [-0.25, -0.2) is 13.4 Å². The molecule has 0 unspecified atom stereocenters. The largest absolute Gasteiger partial charge is 0.334 e. The number of sulfone groups is 1. The molecular weight excluding hydrogens is 434 g/mol. The predicted molar refractivity (Wildman–Crippen MR) is 122 cm³/mol. The van der Waals surface area contributed by atoms with E-state index in [1.54, 1.807) is 30.1 Å². The third-order valence-corrected chi connectivity index (χ3v) is 8.20. The van der Waals surface area contributed by atoms with Crippen LogP contribution < -0.4 is 5.56 Å². The van der Waals surface area contributed by atoms with Crippen LogP contribution in [0.3, 0.4) is 0 Å². The molecule has 1 fully saturated rings. The summed E-state index contributed by atoms with van der Waals surface area (Å²) in [6.45, 7) is 0.352. The molecule has 0 bridgehead atoms. The molecule has 1 aliphatic rings. The maximum absolute atomic E-state index is 13.2. The van der Waals surface area contributed by atoms with Gasteiger partial charge < -0.3 is 4.90 Å². The average Bonchev–Trinajstić information content (AvgIpc) is 3.13. The number of aromatic nitrogens is 2. The van der Waals surface area contributed by atoms with Crippen LogP contribution in [0.25, 0.3) is 10.9 Å². The Balaban J connectivity index is 1.56. The second-order valence-corrected chi connectivity index (χ2v) is 10.8. The summed E-state index contributed by atoms with van der Waals surface area (Å²) in [7, 11) is -1.49. The summed E-state index contributed by atoms with van der Waals surface area (Å²) in [6.07, 6.45) is 0.443. The number of hydrogen-bond acceptors (Lipinski definition) is 6. The summed E-state index contributed by atoms with van der Waals surface area (Å²) in [5, 5.41) is 0.985. The van der Waals surface area contributed by atoms with E-state index < -0.39 is 9.84 Å². The maximum atomic E-state index is 13.2. The topological polar surface area (TPSA) is 89.3 Å². The highest BCUT2D eigenvalue weighted by molar-refractivity contribution is 7.99. The van der Waals surface area contributed by atoms with Gasteiger partial charge in [-0.3, -0.25) is 14.2 Å². The molecule has 0 radical (unpaired) electrons. The van der Waals surface area contributed by atoms with Crippen LogP contribution in [0.4, 0.5) is 0 Å². The fraction of sp³-hybridized carbons (Fsp3) is 0.318. The van der Waals surface area contributed by atoms with Gasteiger partial charge in [0.15, 0.2) is 15.0 Å². The number of fused-ring (bicyclic) bond motifs is 1. The van der Waals surface area contributed by atoms with E-state index in [1.165, 1.54) is 16.3 Å². The summed E-state index contributed by atoms with van der Waals surface area (Å²) in [5.41, 5.74) is 1.37. The standard InChI is InChI=1S/C22H23N3O4S2/c1-24-21(27)18-9-5-6-10-19(18)23-22(24)30-14-20(26)25(13-16-7-3-2-4-8-16)17-11-12-31(28,29)15-17/h2-10,17H,11-15H2,1H3/t17-/m0/s1. The second kappa shape index (κ2) is 8.84. The zero-order valence-electron chi connectivity index (χ0n) is 17.1. The van der Waals surface area contributed by atoms with Crippen molar-refractivity contribution in [3.8, 4) is 0 Å². The van der Waals surface area contributed by atoms with Crippen molar-refractivity contribution >= 4 is 38.4 Å². The molecule has 7 nitrogen and oxygen atoms in total. The summed E-state index contributed by atoms with van der Waals surface area (Å²) in [4.78, 5) is 32.0. The Morgan fingerprint density at radius 2 is 1.87 bits per heavy atom. The van der Waals surface area contributed by atoms with Crippen molar-refractivity contribution in [3.05, 3.63) is 70.5 Å². The quantitative estimate of drug-likeness (QED) is 0.417. The molecule has 1 aliphatic heterocycles. The summed E-state index contributed by atoms with van der Waals surface area (Å²) < 4.78 is 25.5. The van der Waals surface area contributed by atoms with Gasteiger partial charge in [0.25, 0.3) is 5.56 Å². The molecule has 1 aromatic heterocycles. The Kier molecular flexibility index (Phi) is 6.15. The molecule has 162 valence electrons. The number of thioether (sulfide) groups is 1. The fourth-order valence-electron chi connectivity index (χ4n) is 3.76. The van der Waals surface area contributed by atoms with Crippen LogP contribution in [-0.2, 0) is 28.2 Å². The van der Waals surface area contributed by atoms with Gasteiger partial charge in [0.1, 0.15) is 0 Å². The van der Waals surface area contributed by atoms with Crippen molar-refractivity contribution in [1.29, 1.82) is 0 Å². The first-order valence-corrected chi connectivity index (χ1v) is 12.8. The lowest BCUT2D eigenvalue weighted by molar-refractivity contribution is -0.130. The normalized spacial score (nSPS) is 17.6. The van der Waals surface area contributed by atoms with Gasteiger partial charge in [-0.2, -0.15) is 0 Å².